The fourth-order valence-corrected chi connectivity index (χ4v) is 3.90. The zero-order valence-corrected chi connectivity index (χ0v) is 14.9. The summed E-state index contributed by atoms with van der Waals surface area (Å²) in [4.78, 5) is 0. The predicted octanol–water partition coefficient (Wildman–Crippen LogP) is 4.80. The van der Waals surface area contributed by atoms with E-state index in [1.807, 2.05) is 36.4 Å². The van der Waals surface area contributed by atoms with E-state index >= 15 is 0 Å². The van der Waals surface area contributed by atoms with Gasteiger partial charge in [0.25, 0.3) is 0 Å². The lowest BCUT2D eigenvalue weighted by molar-refractivity contribution is 0.173. The van der Waals surface area contributed by atoms with Crippen molar-refractivity contribution in [3.8, 4) is 17.0 Å². The summed E-state index contributed by atoms with van der Waals surface area (Å²) in [6, 6.07) is 24.7. The first-order chi connectivity index (χ1) is 12.2. The summed E-state index contributed by atoms with van der Waals surface area (Å²) in [7, 11) is 5.99. The van der Waals surface area contributed by atoms with E-state index in [0.717, 1.165) is 32.6 Å². The van der Waals surface area contributed by atoms with Crippen LogP contribution in [0.15, 0.2) is 77.3 Å². The molecule has 1 aromatic heterocycles. The lowest BCUT2D eigenvalue weighted by Crippen LogP contribution is -2.23. The Balaban J connectivity index is 1.84. The van der Waals surface area contributed by atoms with Gasteiger partial charge in [0.15, 0.2) is 0 Å². The SMILES string of the molecule is [B]c1ccc2c(c1)O[C@H](c1ccccc1)n1c-2cc2cc(Br)ccc21. The van der Waals surface area contributed by atoms with E-state index in [0.29, 0.717) is 5.46 Å². The third-order valence-electron chi connectivity index (χ3n) is 4.64. The van der Waals surface area contributed by atoms with Crippen LogP contribution in [0, 0.1) is 0 Å². The van der Waals surface area contributed by atoms with Crippen LogP contribution in [-0.4, -0.2) is 12.4 Å². The second-order valence-corrected chi connectivity index (χ2v) is 7.15. The summed E-state index contributed by atoms with van der Waals surface area (Å²) in [6.45, 7) is 0. The average molecular weight is 386 g/mol. The van der Waals surface area contributed by atoms with Crippen LogP contribution in [0.5, 0.6) is 5.75 Å². The second-order valence-electron chi connectivity index (χ2n) is 6.24. The van der Waals surface area contributed by atoms with Gasteiger partial charge >= 0.3 is 0 Å². The van der Waals surface area contributed by atoms with Crippen LogP contribution in [0.25, 0.3) is 22.2 Å². The zero-order chi connectivity index (χ0) is 17.0. The van der Waals surface area contributed by atoms with Crippen molar-refractivity contribution in [3.63, 3.8) is 0 Å². The van der Waals surface area contributed by atoms with E-state index in [1.54, 1.807) is 0 Å². The molecule has 0 spiro atoms. The quantitative estimate of drug-likeness (QED) is 0.429. The summed E-state index contributed by atoms with van der Waals surface area (Å²) in [5.74, 6) is 0.822. The summed E-state index contributed by atoms with van der Waals surface area (Å²) in [6.07, 6.45) is -0.218. The molecule has 3 aromatic carbocycles. The number of ether oxygens (including phenoxy) is 1. The number of rotatable bonds is 1. The van der Waals surface area contributed by atoms with Gasteiger partial charge in [-0.05, 0) is 36.4 Å². The van der Waals surface area contributed by atoms with Gasteiger partial charge in [0.2, 0.25) is 6.23 Å². The van der Waals surface area contributed by atoms with Gasteiger partial charge in [-0.2, -0.15) is 0 Å². The van der Waals surface area contributed by atoms with Crippen molar-refractivity contribution in [2.24, 2.45) is 0 Å². The third-order valence-corrected chi connectivity index (χ3v) is 5.13. The first kappa shape index (κ1) is 14.9. The molecule has 0 aliphatic carbocycles. The van der Waals surface area contributed by atoms with Gasteiger partial charge in [-0.3, -0.25) is 0 Å². The van der Waals surface area contributed by atoms with Crippen molar-refractivity contribution in [2.45, 2.75) is 6.23 Å². The van der Waals surface area contributed by atoms with Crippen molar-refractivity contribution in [1.29, 1.82) is 0 Å². The van der Waals surface area contributed by atoms with E-state index < -0.39 is 0 Å². The minimum atomic E-state index is -0.218. The highest BCUT2D eigenvalue weighted by atomic mass is 79.9. The maximum atomic E-state index is 6.39. The van der Waals surface area contributed by atoms with Gasteiger partial charge in [0.1, 0.15) is 13.6 Å². The van der Waals surface area contributed by atoms with E-state index in [2.05, 4.69) is 56.9 Å². The number of aromatic nitrogens is 1. The minimum Gasteiger partial charge on any atom is -0.465 e. The molecule has 118 valence electrons. The summed E-state index contributed by atoms with van der Waals surface area (Å²) in [5.41, 5.74) is 5.17. The molecule has 4 aromatic rings. The lowest BCUT2D eigenvalue weighted by atomic mass is 9.93. The molecule has 0 saturated heterocycles. The standard InChI is InChI=1S/C21H13BBrNO/c22-15-6-8-17-19-11-14-10-16(23)7-9-18(14)24(19)21(25-20(17)12-15)13-4-2-1-3-5-13/h1-12,21H/t21-/m1/s1. The van der Waals surface area contributed by atoms with Crippen LogP contribution in [0.4, 0.5) is 0 Å². The molecule has 2 heterocycles. The second kappa shape index (κ2) is 5.53. The number of benzene rings is 3. The molecule has 0 N–H and O–H groups in total. The van der Waals surface area contributed by atoms with E-state index in [4.69, 9.17) is 12.6 Å². The van der Waals surface area contributed by atoms with Crippen LogP contribution in [-0.2, 0) is 0 Å². The minimum absolute atomic E-state index is 0.218. The summed E-state index contributed by atoms with van der Waals surface area (Å²) < 4.78 is 9.72. The summed E-state index contributed by atoms with van der Waals surface area (Å²) in [5, 5.41) is 1.18. The average Bonchev–Trinajstić information content (AvgIpc) is 3.00. The number of hydrogen-bond acceptors (Lipinski definition) is 1. The van der Waals surface area contributed by atoms with Gasteiger partial charge in [-0.15, -0.1) is 0 Å². The third kappa shape index (κ3) is 2.32. The van der Waals surface area contributed by atoms with Crippen LogP contribution in [0.3, 0.4) is 0 Å². The molecular formula is C21H13BBrNO. The largest absolute Gasteiger partial charge is 0.465 e. The smallest absolute Gasteiger partial charge is 0.203 e. The molecule has 0 saturated carbocycles. The van der Waals surface area contributed by atoms with Gasteiger partial charge in [0.05, 0.1) is 11.2 Å². The number of hydrogen-bond donors (Lipinski definition) is 0. The molecule has 1 atom stereocenters. The predicted molar refractivity (Wildman–Crippen MR) is 106 cm³/mol. The molecule has 4 heteroatoms. The Bertz CT molecular complexity index is 1100. The molecular weight excluding hydrogens is 373 g/mol. The maximum Gasteiger partial charge on any atom is 0.203 e. The number of halogens is 1. The van der Waals surface area contributed by atoms with Crippen molar-refractivity contribution < 1.29 is 4.74 Å². The van der Waals surface area contributed by atoms with Crippen LogP contribution >= 0.6 is 15.9 Å². The molecule has 0 amide bonds. The van der Waals surface area contributed by atoms with E-state index in [1.165, 1.54) is 5.39 Å². The zero-order valence-electron chi connectivity index (χ0n) is 13.3. The highest BCUT2D eigenvalue weighted by Gasteiger charge is 2.28. The Labute approximate surface area is 155 Å². The molecule has 1 aliphatic rings. The van der Waals surface area contributed by atoms with E-state index in [-0.39, 0.29) is 6.23 Å². The molecule has 2 nitrogen and oxygen atoms in total. The maximum absolute atomic E-state index is 6.39. The van der Waals surface area contributed by atoms with Crippen molar-refractivity contribution >= 4 is 40.1 Å². The summed E-state index contributed by atoms with van der Waals surface area (Å²) >= 11 is 3.57. The lowest BCUT2D eigenvalue weighted by Gasteiger charge is -2.30. The van der Waals surface area contributed by atoms with Crippen molar-refractivity contribution in [2.75, 3.05) is 0 Å². The highest BCUT2D eigenvalue weighted by Crippen LogP contribution is 2.43. The Morgan fingerprint density at radius 3 is 2.60 bits per heavy atom. The monoisotopic (exact) mass is 385 g/mol. The Kier molecular flexibility index (Phi) is 3.29. The van der Waals surface area contributed by atoms with Crippen LogP contribution in [0.1, 0.15) is 11.8 Å². The molecule has 0 unspecified atom stereocenters. The molecule has 2 radical (unpaired) electrons. The van der Waals surface area contributed by atoms with Gasteiger partial charge in [-0.25, -0.2) is 0 Å². The first-order valence-electron chi connectivity index (χ1n) is 8.13. The fourth-order valence-electron chi connectivity index (χ4n) is 3.52. The Hall–Kier alpha value is -2.46. The van der Waals surface area contributed by atoms with Gasteiger partial charge in [-0.1, -0.05) is 57.8 Å². The topological polar surface area (TPSA) is 14.2 Å². The van der Waals surface area contributed by atoms with Gasteiger partial charge < -0.3 is 9.30 Å². The normalized spacial score (nSPS) is 15.5. The Morgan fingerprint density at radius 1 is 0.920 bits per heavy atom. The molecule has 0 fully saturated rings. The molecule has 0 bridgehead atoms. The fraction of sp³-hybridized carbons (Fsp3) is 0.0476. The van der Waals surface area contributed by atoms with Crippen molar-refractivity contribution in [1.82, 2.24) is 4.57 Å². The van der Waals surface area contributed by atoms with E-state index in [9.17, 15) is 0 Å². The van der Waals surface area contributed by atoms with Crippen LogP contribution in [0.2, 0.25) is 0 Å². The van der Waals surface area contributed by atoms with Gasteiger partial charge in [0, 0.05) is 21.0 Å². The Morgan fingerprint density at radius 2 is 1.76 bits per heavy atom. The highest BCUT2D eigenvalue weighted by molar-refractivity contribution is 9.10. The van der Waals surface area contributed by atoms with Crippen molar-refractivity contribution in [3.05, 3.63) is 82.8 Å². The number of nitrogens with zero attached hydrogens (tertiary/aromatic N) is 1. The van der Waals surface area contributed by atoms with Crippen LogP contribution < -0.4 is 10.2 Å². The molecule has 1 aliphatic heterocycles. The number of fused-ring (bicyclic) bond motifs is 5. The first-order valence-corrected chi connectivity index (χ1v) is 8.92. The molecule has 5 rings (SSSR count). The molecule has 25 heavy (non-hydrogen) atoms.